The Kier molecular flexibility index (Phi) is 4.02. The molecule has 2 heterocycles. The molecule has 0 radical (unpaired) electrons. The molecule has 0 spiro atoms. The number of aromatic amines is 1. The van der Waals surface area contributed by atoms with Gasteiger partial charge in [0.05, 0.1) is 11.6 Å². The highest BCUT2D eigenvalue weighted by Crippen LogP contribution is 2.21. The lowest BCUT2D eigenvalue weighted by atomic mass is 10.0. The molecule has 1 amide bonds. The predicted molar refractivity (Wildman–Crippen MR) is 77.3 cm³/mol. The van der Waals surface area contributed by atoms with Gasteiger partial charge in [0.25, 0.3) is 0 Å². The molecule has 8 nitrogen and oxygen atoms in total. The molecule has 0 bridgehead atoms. The monoisotopic (exact) mass is 277 g/mol. The average Bonchev–Trinajstić information content (AvgIpc) is 2.83. The van der Waals surface area contributed by atoms with Gasteiger partial charge in [-0.1, -0.05) is 13.8 Å². The molecule has 2 aromatic heterocycles. The van der Waals surface area contributed by atoms with Crippen LogP contribution in [0.3, 0.4) is 0 Å². The van der Waals surface area contributed by atoms with E-state index < -0.39 is 11.9 Å². The molecule has 0 saturated heterocycles. The predicted octanol–water partition coefficient (Wildman–Crippen LogP) is 0.706. The minimum Gasteiger partial charge on any atom is -0.368 e. The van der Waals surface area contributed by atoms with Crippen molar-refractivity contribution in [2.24, 2.45) is 11.7 Å². The van der Waals surface area contributed by atoms with Crippen molar-refractivity contribution in [2.75, 3.05) is 17.2 Å². The lowest BCUT2D eigenvalue weighted by Crippen LogP contribution is -2.39. The number of hydrogen-bond acceptors (Lipinski definition) is 6. The third-order valence-corrected chi connectivity index (χ3v) is 2.91. The van der Waals surface area contributed by atoms with Gasteiger partial charge in [0.15, 0.2) is 5.65 Å². The fourth-order valence-electron chi connectivity index (χ4n) is 1.90. The standard InChI is InChI=1S/C12H19N7O/c1-4-14-12-17-10(7-5-15-19-11(7)18-12)16-8(6(2)3)9(13)20/h5-6,8H,4H2,1-3H3,(H2,13,20)(H3,14,15,16,17,18,19). The molecule has 0 saturated carbocycles. The van der Waals surface area contributed by atoms with Gasteiger partial charge in [-0.2, -0.15) is 15.1 Å². The van der Waals surface area contributed by atoms with Gasteiger partial charge in [-0.3, -0.25) is 9.89 Å². The number of nitrogens with zero attached hydrogens (tertiary/aromatic N) is 3. The van der Waals surface area contributed by atoms with Gasteiger partial charge in [0.1, 0.15) is 11.9 Å². The number of nitrogens with two attached hydrogens (primary N) is 1. The first-order valence-electron chi connectivity index (χ1n) is 6.53. The maximum atomic E-state index is 11.5. The first-order chi connectivity index (χ1) is 9.52. The fourth-order valence-corrected chi connectivity index (χ4v) is 1.90. The molecule has 8 heteroatoms. The normalized spacial score (nSPS) is 12.6. The first-order valence-corrected chi connectivity index (χ1v) is 6.53. The van der Waals surface area contributed by atoms with Crippen LogP contribution < -0.4 is 16.4 Å². The lowest BCUT2D eigenvalue weighted by molar-refractivity contribution is -0.119. The molecule has 2 rings (SSSR count). The minimum atomic E-state index is -0.502. The smallest absolute Gasteiger partial charge is 0.240 e. The van der Waals surface area contributed by atoms with Crippen LogP contribution in [0.25, 0.3) is 11.0 Å². The van der Waals surface area contributed by atoms with Crippen LogP contribution in [0.5, 0.6) is 0 Å². The van der Waals surface area contributed by atoms with E-state index in [4.69, 9.17) is 5.73 Å². The van der Waals surface area contributed by atoms with Crippen molar-refractivity contribution < 1.29 is 4.79 Å². The van der Waals surface area contributed by atoms with Gasteiger partial charge in [0.2, 0.25) is 11.9 Å². The number of rotatable bonds is 6. The second kappa shape index (κ2) is 5.72. The van der Waals surface area contributed by atoms with Crippen molar-refractivity contribution in [3.05, 3.63) is 6.20 Å². The first kappa shape index (κ1) is 14.0. The number of anilines is 2. The Labute approximate surface area is 116 Å². The molecule has 108 valence electrons. The molecule has 0 aliphatic heterocycles. The Hall–Kier alpha value is -2.38. The summed E-state index contributed by atoms with van der Waals surface area (Å²) in [6.45, 7) is 6.49. The maximum absolute atomic E-state index is 11.5. The Morgan fingerprint density at radius 1 is 1.45 bits per heavy atom. The molecule has 2 aromatic rings. The van der Waals surface area contributed by atoms with E-state index in [2.05, 4.69) is 30.8 Å². The Bertz CT molecular complexity index is 607. The highest BCUT2D eigenvalue weighted by atomic mass is 16.1. The number of amides is 1. The zero-order chi connectivity index (χ0) is 14.7. The third-order valence-electron chi connectivity index (χ3n) is 2.91. The number of fused-ring (bicyclic) bond motifs is 1. The summed E-state index contributed by atoms with van der Waals surface area (Å²) in [5.74, 6) is 0.642. The molecular formula is C12H19N7O. The summed E-state index contributed by atoms with van der Waals surface area (Å²) in [6, 6.07) is -0.502. The van der Waals surface area contributed by atoms with E-state index in [1.165, 1.54) is 0 Å². The van der Waals surface area contributed by atoms with Crippen LogP contribution in [0.4, 0.5) is 11.8 Å². The number of nitrogens with one attached hydrogen (secondary N) is 3. The summed E-state index contributed by atoms with van der Waals surface area (Å²) in [5.41, 5.74) is 6.02. The molecule has 5 N–H and O–H groups in total. The molecule has 0 aliphatic rings. The number of carbonyl (C=O) groups excluding carboxylic acids is 1. The van der Waals surface area contributed by atoms with E-state index in [1.807, 2.05) is 20.8 Å². The number of H-pyrrole nitrogens is 1. The van der Waals surface area contributed by atoms with Crippen LogP contribution in [0.2, 0.25) is 0 Å². The topological polar surface area (TPSA) is 122 Å². The van der Waals surface area contributed by atoms with Crippen LogP contribution in [0.15, 0.2) is 6.20 Å². The largest absolute Gasteiger partial charge is 0.368 e. The van der Waals surface area contributed by atoms with E-state index in [0.29, 0.717) is 24.0 Å². The molecule has 0 aromatic carbocycles. The minimum absolute atomic E-state index is 0.0481. The zero-order valence-electron chi connectivity index (χ0n) is 11.8. The van der Waals surface area contributed by atoms with Crippen molar-refractivity contribution >= 4 is 28.7 Å². The van der Waals surface area contributed by atoms with Gasteiger partial charge in [-0.25, -0.2) is 0 Å². The molecule has 20 heavy (non-hydrogen) atoms. The fraction of sp³-hybridized carbons (Fsp3) is 0.500. The number of aromatic nitrogens is 4. The van der Waals surface area contributed by atoms with Crippen molar-refractivity contribution in [3.63, 3.8) is 0 Å². The number of carbonyl (C=O) groups is 1. The zero-order valence-corrected chi connectivity index (χ0v) is 11.8. The van der Waals surface area contributed by atoms with Crippen LogP contribution in [-0.4, -0.2) is 38.7 Å². The molecule has 0 aliphatic carbocycles. The van der Waals surface area contributed by atoms with Crippen LogP contribution in [0.1, 0.15) is 20.8 Å². The van der Waals surface area contributed by atoms with Crippen LogP contribution in [-0.2, 0) is 4.79 Å². The van der Waals surface area contributed by atoms with E-state index in [-0.39, 0.29) is 5.92 Å². The Morgan fingerprint density at radius 2 is 2.20 bits per heavy atom. The van der Waals surface area contributed by atoms with Crippen molar-refractivity contribution in [2.45, 2.75) is 26.8 Å². The number of primary amides is 1. The summed E-state index contributed by atoms with van der Waals surface area (Å²) in [6.07, 6.45) is 1.62. The SMILES string of the molecule is CCNc1nc(NC(C(N)=O)C(C)C)c2cn[nH]c2n1. The molecule has 1 atom stereocenters. The summed E-state index contributed by atoms with van der Waals surface area (Å²) in [7, 11) is 0. The summed E-state index contributed by atoms with van der Waals surface area (Å²) in [4.78, 5) is 20.2. The van der Waals surface area contributed by atoms with Gasteiger partial charge < -0.3 is 16.4 Å². The van der Waals surface area contributed by atoms with Crippen molar-refractivity contribution in [1.29, 1.82) is 0 Å². The lowest BCUT2D eigenvalue weighted by Gasteiger charge is -2.20. The van der Waals surface area contributed by atoms with Gasteiger partial charge in [-0.15, -0.1) is 0 Å². The summed E-state index contributed by atoms with van der Waals surface area (Å²) in [5, 5.41) is 13.6. The third kappa shape index (κ3) is 2.79. The quantitative estimate of drug-likeness (QED) is 0.617. The van der Waals surface area contributed by atoms with Gasteiger partial charge >= 0.3 is 0 Å². The second-order valence-electron chi connectivity index (χ2n) is 4.83. The van der Waals surface area contributed by atoms with E-state index in [9.17, 15) is 4.79 Å². The van der Waals surface area contributed by atoms with Gasteiger partial charge in [0, 0.05) is 6.54 Å². The van der Waals surface area contributed by atoms with Crippen molar-refractivity contribution in [1.82, 2.24) is 20.2 Å². The number of hydrogen-bond donors (Lipinski definition) is 4. The van der Waals surface area contributed by atoms with Gasteiger partial charge in [-0.05, 0) is 12.8 Å². The average molecular weight is 277 g/mol. The molecular weight excluding hydrogens is 258 g/mol. The summed E-state index contributed by atoms with van der Waals surface area (Å²) < 4.78 is 0. The highest BCUT2D eigenvalue weighted by molar-refractivity contribution is 5.90. The Morgan fingerprint density at radius 3 is 2.80 bits per heavy atom. The Balaban J connectivity index is 2.40. The highest BCUT2D eigenvalue weighted by Gasteiger charge is 2.21. The van der Waals surface area contributed by atoms with E-state index >= 15 is 0 Å². The molecule has 0 fully saturated rings. The van der Waals surface area contributed by atoms with E-state index in [1.54, 1.807) is 6.20 Å². The molecule has 1 unspecified atom stereocenters. The van der Waals surface area contributed by atoms with Crippen molar-refractivity contribution in [3.8, 4) is 0 Å². The van der Waals surface area contributed by atoms with E-state index in [0.717, 1.165) is 5.39 Å². The van der Waals surface area contributed by atoms with Crippen LogP contribution >= 0.6 is 0 Å². The second-order valence-corrected chi connectivity index (χ2v) is 4.83. The maximum Gasteiger partial charge on any atom is 0.240 e. The van der Waals surface area contributed by atoms with Crippen LogP contribution in [0, 0.1) is 5.92 Å². The summed E-state index contributed by atoms with van der Waals surface area (Å²) >= 11 is 0.